The van der Waals surface area contributed by atoms with E-state index in [1.54, 1.807) is 0 Å². The fraction of sp³-hybridized carbons (Fsp3) is 1.00. The number of hydrogen-bond donors (Lipinski definition) is 1. The Morgan fingerprint density at radius 3 is 2.82 bits per heavy atom. The molecular weight excluding hydrogens is 140 g/mol. The number of aliphatic hydroxyl groups is 1. The maximum Gasteiger partial charge on any atom is 0.0703 e. The van der Waals surface area contributed by atoms with Crippen LogP contribution in [0.3, 0.4) is 0 Å². The molecule has 0 aromatic heterocycles. The van der Waals surface area contributed by atoms with Gasteiger partial charge in [-0.05, 0) is 12.8 Å². The van der Waals surface area contributed by atoms with Gasteiger partial charge in [0.1, 0.15) is 0 Å². The topological polar surface area (TPSA) is 29.5 Å². The van der Waals surface area contributed by atoms with Crippen molar-refractivity contribution < 1.29 is 9.84 Å². The molecule has 2 aliphatic rings. The van der Waals surface area contributed by atoms with Gasteiger partial charge in [-0.15, -0.1) is 0 Å². The van der Waals surface area contributed by atoms with Crippen molar-refractivity contribution in [3.8, 4) is 0 Å². The predicted molar refractivity (Wildman–Crippen MR) is 42.3 cm³/mol. The Hall–Kier alpha value is -0.0800. The minimum Gasteiger partial charge on any atom is -0.392 e. The smallest absolute Gasteiger partial charge is 0.0703 e. The number of fused-ring (bicyclic) bond motifs is 1. The molecule has 0 spiro atoms. The van der Waals surface area contributed by atoms with Gasteiger partial charge in [0.2, 0.25) is 0 Å². The van der Waals surface area contributed by atoms with E-state index in [9.17, 15) is 5.11 Å². The fourth-order valence-electron chi connectivity index (χ4n) is 2.50. The third-order valence-corrected chi connectivity index (χ3v) is 3.27. The molecule has 1 heterocycles. The van der Waals surface area contributed by atoms with E-state index in [0.29, 0.717) is 12.0 Å². The van der Waals surface area contributed by atoms with Crippen molar-refractivity contribution in [2.45, 2.75) is 38.9 Å². The molecule has 1 saturated heterocycles. The molecule has 1 aliphatic heterocycles. The zero-order valence-electron chi connectivity index (χ0n) is 7.21. The van der Waals surface area contributed by atoms with Gasteiger partial charge in [0.05, 0.1) is 12.2 Å². The summed E-state index contributed by atoms with van der Waals surface area (Å²) in [5.41, 5.74) is 0.00505. The number of aliphatic hydroxyl groups excluding tert-OH is 1. The van der Waals surface area contributed by atoms with Gasteiger partial charge in [-0.3, -0.25) is 0 Å². The van der Waals surface area contributed by atoms with Crippen molar-refractivity contribution in [2.75, 3.05) is 6.61 Å². The first-order chi connectivity index (χ1) is 5.14. The number of ether oxygens (including phenoxy) is 1. The van der Waals surface area contributed by atoms with Gasteiger partial charge in [-0.2, -0.15) is 0 Å². The van der Waals surface area contributed by atoms with E-state index in [4.69, 9.17) is 4.74 Å². The Bertz CT molecular complexity index is 165. The van der Waals surface area contributed by atoms with E-state index >= 15 is 0 Å². The zero-order chi connectivity index (χ0) is 8.06. The highest BCUT2D eigenvalue weighted by molar-refractivity contribution is 5.06. The lowest BCUT2D eigenvalue weighted by atomic mass is 9.57. The first-order valence-corrected chi connectivity index (χ1v) is 4.43. The van der Waals surface area contributed by atoms with E-state index in [1.807, 2.05) is 0 Å². The van der Waals surface area contributed by atoms with Crippen LogP contribution in [-0.4, -0.2) is 23.9 Å². The largest absolute Gasteiger partial charge is 0.392 e. The van der Waals surface area contributed by atoms with Crippen LogP contribution < -0.4 is 0 Å². The maximum atomic E-state index is 9.69. The molecule has 2 nitrogen and oxygen atoms in total. The summed E-state index contributed by atoms with van der Waals surface area (Å²) in [5.74, 6) is 0.429. The molecule has 1 aliphatic carbocycles. The Kier molecular flexibility index (Phi) is 1.52. The first-order valence-electron chi connectivity index (χ1n) is 4.43. The van der Waals surface area contributed by atoms with E-state index in [1.165, 1.54) is 0 Å². The molecule has 3 atom stereocenters. The molecule has 0 aromatic carbocycles. The molecular formula is C9H16O2. The normalized spacial score (nSPS) is 47.7. The minimum atomic E-state index is -0.132. The van der Waals surface area contributed by atoms with Crippen molar-refractivity contribution >= 4 is 0 Å². The summed E-state index contributed by atoms with van der Waals surface area (Å²) in [6.45, 7) is 5.06. The van der Waals surface area contributed by atoms with Crippen molar-refractivity contribution in [2.24, 2.45) is 11.3 Å². The average Bonchev–Trinajstić information content (AvgIpc) is 2.04. The molecule has 0 unspecified atom stereocenters. The monoisotopic (exact) mass is 156 g/mol. The lowest BCUT2D eigenvalue weighted by Crippen LogP contribution is -2.64. The second kappa shape index (κ2) is 2.20. The first kappa shape index (κ1) is 7.56. The second-order valence-electron chi connectivity index (χ2n) is 4.36. The van der Waals surface area contributed by atoms with E-state index in [0.717, 1.165) is 19.4 Å². The van der Waals surface area contributed by atoms with E-state index in [2.05, 4.69) is 13.8 Å². The Morgan fingerprint density at radius 1 is 1.45 bits per heavy atom. The standard InChI is InChI=1S/C9H16O2/c1-9(2)7(10)6-4-3-5-11-8(6)9/h6-8,10H,3-5H2,1-2H3/t6-,7+,8-/m1/s1. The quantitative estimate of drug-likeness (QED) is 0.570. The van der Waals surface area contributed by atoms with Crippen molar-refractivity contribution in [1.82, 2.24) is 0 Å². The van der Waals surface area contributed by atoms with Crippen LogP contribution in [0.1, 0.15) is 26.7 Å². The molecule has 1 saturated carbocycles. The van der Waals surface area contributed by atoms with Gasteiger partial charge in [0, 0.05) is 17.9 Å². The molecule has 0 amide bonds. The van der Waals surface area contributed by atoms with Gasteiger partial charge in [0.15, 0.2) is 0 Å². The number of hydrogen-bond acceptors (Lipinski definition) is 2. The van der Waals surface area contributed by atoms with Crippen LogP contribution >= 0.6 is 0 Å². The van der Waals surface area contributed by atoms with Crippen LogP contribution in [-0.2, 0) is 4.74 Å². The predicted octanol–water partition coefficient (Wildman–Crippen LogP) is 1.18. The third-order valence-electron chi connectivity index (χ3n) is 3.27. The highest BCUT2D eigenvalue weighted by Crippen LogP contribution is 2.50. The molecule has 0 bridgehead atoms. The molecule has 2 fully saturated rings. The molecule has 0 aromatic rings. The fourth-order valence-corrected chi connectivity index (χ4v) is 2.50. The third kappa shape index (κ3) is 0.859. The number of rotatable bonds is 0. The average molecular weight is 156 g/mol. The van der Waals surface area contributed by atoms with E-state index in [-0.39, 0.29) is 11.5 Å². The van der Waals surface area contributed by atoms with Gasteiger partial charge < -0.3 is 9.84 Å². The summed E-state index contributed by atoms with van der Waals surface area (Å²) in [5, 5.41) is 9.69. The van der Waals surface area contributed by atoms with Crippen molar-refractivity contribution in [1.29, 1.82) is 0 Å². The van der Waals surface area contributed by atoms with Crippen LogP contribution in [0.4, 0.5) is 0 Å². The summed E-state index contributed by atoms with van der Waals surface area (Å²) in [6.07, 6.45) is 2.46. The lowest BCUT2D eigenvalue weighted by Gasteiger charge is -2.57. The minimum absolute atomic E-state index is 0.00505. The summed E-state index contributed by atoms with van der Waals surface area (Å²) < 4.78 is 5.60. The maximum absolute atomic E-state index is 9.69. The Labute approximate surface area is 67.6 Å². The summed E-state index contributed by atoms with van der Waals surface area (Å²) >= 11 is 0. The molecule has 64 valence electrons. The molecule has 0 radical (unpaired) electrons. The van der Waals surface area contributed by atoms with Gasteiger partial charge >= 0.3 is 0 Å². The van der Waals surface area contributed by atoms with Gasteiger partial charge in [0.25, 0.3) is 0 Å². The van der Waals surface area contributed by atoms with Crippen LogP contribution in [0.5, 0.6) is 0 Å². The Morgan fingerprint density at radius 2 is 2.18 bits per heavy atom. The Balaban J connectivity index is 2.09. The van der Waals surface area contributed by atoms with E-state index < -0.39 is 0 Å². The molecule has 2 heteroatoms. The van der Waals surface area contributed by atoms with Gasteiger partial charge in [-0.25, -0.2) is 0 Å². The lowest BCUT2D eigenvalue weighted by molar-refractivity contribution is -0.244. The molecule has 2 rings (SSSR count). The van der Waals surface area contributed by atoms with Gasteiger partial charge in [-0.1, -0.05) is 13.8 Å². The second-order valence-corrected chi connectivity index (χ2v) is 4.36. The molecule has 1 N–H and O–H groups in total. The van der Waals surface area contributed by atoms with Crippen LogP contribution in [0.2, 0.25) is 0 Å². The SMILES string of the molecule is CC1(C)[C@@H]2OCCC[C@@H]2[C@@H]1O. The van der Waals surface area contributed by atoms with Crippen LogP contribution in [0.15, 0.2) is 0 Å². The van der Waals surface area contributed by atoms with Crippen LogP contribution in [0, 0.1) is 11.3 Å². The summed E-state index contributed by atoms with van der Waals surface area (Å²) in [7, 11) is 0. The highest BCUT2D eigenvalue weighted by atomic mass is 16.5. The molecule has 11 heavy (non-hydrogen) atoms. The van der Waals surface area contributed by atoms with Crippen molar-refractivity contribution in [3.05, 3.63) is 0 Å². The summed E-state index contributed by atoms with van der Waals surface area (Å²) in [6, 6.07) is 0. The summed E-state index contributed by atoms with van der Waals surface area (Å²) in [4.78, 5) is 0. The zero-order valence-corrected chi connectivity index (χ0v) is 7.21. The van der Waals surface area contributed by atoms with Crippen LogP contribution in [0.25, 0.3) is 0 Å². The highest BCUT2D eigenvalue weighted by Gasteiger charge is 2.57. The van der Waals surface area contributed by atoms with Crippen molar-refractivity contribution in [3.63, 3.8) is 0 Å².